The SMILES string of the molecule is CS(=N)(=O)c1ccc(-c2ccc3nc4c(n3c2)[C@@H](c2cc(Cl)ccc2OC(F)F)C[C@H]4O)cc1. The van der Waals surface area contributed by atoms with Crippen LogP contribution < -0.4 is 4.74 Å². The van der Waals surface area contributed by atoms with Gasteiger partial charge in [0.05, 0.1) is 27.2 Å². The van der Waals surface area contributed by atoms with Crippen molar-refractivity contribution in [2.75, 3.05) is 6.26 Å². The van der Waals surface area contributed by atoms with Crippen molar-refractivity contribution >= 4 is 27.0 Å². The summed E-state index contributed by atoms with van der Waals surface area (Å²) in [6.07, 6.45) is 2.63. The number of aromatic nitrogens is 2. The summed E-state index contributed by atoms with van der Waals surface area (Å²) in [5, 5.41) is 11.1. The molecule has 34 heavy (non-hydrogen) atoms. The van der Waals surface area contributed by atoms with Crippen LogP contribution in [0.25, 0.3) is 16.8 Å². The molecule has 3 atom stereocenters. The fourth-order valence-corrected chi connectivity index (χ4v) is 5.30. The number of nitrogens with zero attached hydrogens (tertiary/aromatic N) is 2. The number of aliphatic hydroxyl groups excluding tert-OH is 1. The van der Waals surface area contributed by atoms with E-state index in [1.165, 1.54) is 18.4 Å². The zero-order valence-electron chi connectivity index (χ0n) is 17.9. The van der Waals surface area contributed by atoms with Crippen molar-refractivity contribution < 1.29 is 22.8 Å². The molecule has 2 heterocycles. The number of alkyl halides is 2. The van der Waals surface area contributed by atoms with Crippen molar-refractivity contribution in [3.8, 4) is 16.9 Å². The van der Waals surface area contributed by atoms with E-state index in [-0.39, 0.29) is 12.2 Å². The average Bonchev–Trinajstić information content (AvgIpc) is 3.31. The summed E-state index contributed by atoms with van der Waals surface area (Å²) in [6.45, 7) is -3.00. The van der Waals surface area contributed by atoms with Crippen molar-refractivity contribution in [2.24, 2.45) is 0 Å². The van der Waals surface area contributed by atoms with Gasteiger partial charge in [0.2, 0.25) is 0 Å². The Hall–Kier alpha value is -3.01. The molecule has 0 spiro atoms. The van der Waals surface area contributed by atoms with Crippen LogP contribution >= 0.6 is 11.6 Å². The highest BCUT2D eigenvalue weighted by Gasteiger charge is 2.37. The van der Waals surface area contributed by atoms with E-state index in [1.54, 1.807) is 30.3 Å². The van der Waals surface area contributed by atoms with Gasteiger partial charge in [-0.25, -0.2) is 14.0 Å². The summed E-state index contributed by atoms with van der Waals surface area (Å²) in [5.74, 6) is -0.456. The lowest BCUT2D eigenvalue weighted by Gasteiger charge is -2.18. The predicted molar refractivity (Wildman–Crippen MR) is 125 cm³/mol. The Morgan fingerprint density at radius 2 is 1.88 bits per heavy atom. The van der Waals surface area contributed by atoms with Crippen LogP contribution in [0, 0.1) is 4.78 Å². The number of pyridine rings is 1. The van der Waals surface area contributed by atoms with Crippen molar-refractivity contribution in [3.63, 3.8) is 0 Å². The molecule has 0 saturated carbocycles. The average molecular weight is 504 g/mol. The first-order valence-electron chi connectivity index (χ1n) is 10.4. The number of nitrogens with one attached hydrogen (secondary N) is 1. The molecule has 0 saturated heterocycles. The topological polar surface area (TPSA) is 87.7 Å². The second kappa shape index (κ2) is 8.33. The molecule has 5 rings (SSSR count). The minimum Gasteiger partial charge on any atom is -0.435 e. The first kappa shape index (κ1) is 22.8. The van der Waals surface area contributed by atoms with Gasteiger partial charge in [0.25, 0.3) is 0 Å². The quantitative estimate of drug-likeness (QED) is 0.357. The zero-order chi connectivity index (χ0) is 24.2. The zero-order valence-corrected chi connectivity index (χ0v) is 19.5. The molecule has 2 N–H and O–H groups in total. The van der Waals surface area contributed by atoms with E-state index >= 15 is 0 Å². The van der Waals surface area contributed by atoms with Gasteiger partial charge >= 0.3 is 6.61 Å². The maximum absolute atomic E-state index is 13.0. The largest absolute Gasteiger partial charge is 0.435 e. The molecule has 0 aliphatic heterocycles. The molecule has 1 aliphatic rings. The van der Waals surface area contributed by atoms with Crippen LogP contribution in [-0.2, 0) is 9.73 Å². The van der Waals surface area contributed by atoms with E-state index < -0.39 is 28.4 Å². The number of benzene rings is 2. The lowest BCUT2D eigenvalue weighted by atomic mass is 9.95. The maximum Gasteiger partial charge on any atom is 0.387 e. The van der Waals surface area contributed by atoms with Crippen LogP contribution in [0.5, 0.6) is 5.75 Å². The molecule has 0 fully saturated rings. The molecule has 1 unspecified atom stereocenters. The third-order valence-corrected chi connectivity index (χ3v) is 7.40. The summed E-state index contributed by atoms with van der Waals surface area (Å²) in [4.78, 5) is 5.01. The second-order valence-electron chi connectivity index (χ2n) is 8.26. The molecule has 0 radical (unpaired) electrons. The normalized spacial score (nSPS) is 19.4. The molecule has 1 aliphatic carbocycles. The van der Waals surface area contributed by atoms with Gasteiger partial charge in [0.1, 0.15) is 11.4 Å². The smallest absolute Gasteiger partial charge is 0.387 e. The van der Waals surface area contributed by atoms with Gasteiger partial charge in [-0.3, -0.25) is 0 Å². The maximum atomic E-state index is 13.0. The van der Waals surface area contributed by atoms with E-state index in [4.69, 9.17) is 21.1 Å². The highest BCUT2D eigenvalue weighted by molar-refractivity contribution is 7.91. The van der Waals surface area contributed by atoms with Gasteiger partial charge in [0.15, 0.2) is 0 Å². The number of imidazole rings is 1. The summed E-state index contributed by atoms with van der Waals surface area (Å²) in [5.41, 5.74) is 3.91. The Bertz CT molecular complexity index is 1500. The highest BCUT2D eigenvalue weighted by atomic mass is 35.5. The van der Waals surface area contributed by atoms with Crippen LogP contribution in [-0.4, -0.2) is 31.6 Å². The number of ether oxygens (including phenoxy) is 1. The molecule has 0 amide bonds. The molecule has 6 nitrogen and oxygen atoms in total. The van der Waals surface area contributed by atoms with Crippen LogP contribution in [0.1, 0.15) is 35.4 Å². The van der Waals surface area contributed by atoms with Gasteiger partial charge in [-0.1, -0.05) is 23.7 Å². The highest BCUT2D eigenvalue weighted by Crippen LogP contribution is 2.47. The van der Waals surface area contributed by atoms with E-state index in [9.17, 15) is 18.1 Å². The molecular weight excluding hydrogens is 484 g/mol. The van der Waals surface area contributed by atoms with E-state index in [2.05, 4.69) is 4.98 Å². The summed E-state index contributed by atoms with van der Waals surface area (Å²) in [6, 6.07) is 15.1. The Balaban J connectivity index is 1.63. The van der Waals surface area contributed by atoms with Crippen LogP contribution in [0.4, 0.5) is 8.78 Å². The van der Waals surface area contributed by atoms with E-state index in [0.29, 0.717) is 32.5 Å². The Morgan fingerprint density at radius 1 is 1.18 bits per heavy atom. The van der Waals surface area contributed by atoms with Gasteiger partial charge in [-0.2, -0.15) is 8.78 Å². The minimum atomic E-state index is -3.00. The molecule has 2 aromatic carbocycles. The third kappa shape index (κ3) is 4.04. The second-order valence-corrected chi connectivity index (χ2v) is 10.9. The molecule has 2 aromatic heterocycles. The van der Waals surface area contributed by atoms with Gasteiger partial charge in [-0.05, 0) is 60.0 Å². The number of fused-ring (bicyclic) bond motifs is 3. The molecule has 10 heteroatoms. The first-order chi connectivity index (χ1) is 16.1. The number of halogens is 3. The molecule has 0 bridgehead atoms. The number of hydrogen-bond acceptors (Lipinski definition) is 5. The monoisotopic (exact) mass is 503 g/mol. The Kier molecular flexibility index (Phi) is 5.58. The van der Waals surface area contributed by atoms with Crippen LogP contribution in [0.15, 0.2) is 65.7 Å². The first-order valence-corrected chi connectivity index (χ1v) is 12.7. The van der Waals surface area contributed by atoms with Gasteiger partial charge < -0.3 is 14.2 Å². The molecular formula is C24H20ClF2N3O3S. The standard InChI is InChI=1S/C24H20ClF2N3O3S/c1-34(28,32)16-6-2-13(3-7-16)14-4-9-21-29-22-19(31)11-18(23(22)30(21)12-14)17-10-15(25)5-8-20(17)33-24(26)27/h2-10,12,18-19,24,28,31H,11H2,1H3/t18-,19-,34?/m1/s1. The Labute approximate surface area is 199 Å². The van der Waals surface area contributed by atoms with Crippen molar-refractivity contribution in [1.82, 2.24) is 9.38 Å². The molecule has 176 valence electrons. The van der Waals surface area contributed by atoms with Gasteiger partial charge in [-0.15, -0.1) is 0 Å². The van der Waals surface area contributed by atoms with E-state index in [1.807, 2.05) is 22.7 Å². The number of hydrogen-bond donors (Lipinski definition) is 2. The van der Waals surface area contributed by atoms with Crippen LogP contribution in [0.2, 0.25) is 5.02 Å². The lowest BCUT2D eigenvalue weighted by molar-refractivity contribution is -0.0506. The fraction of sp³-hybridized carbons (Fsp3) is 0.208. The summed E-state index contributed by atoms with van der Waals surface area (Å²) >= 11 is 6.18. The fourth-order valence-electron chi connectivity index (χ4n) is 4.47. The third-order valence-electron chi connectivity index (χ3n) is 5.99. The summed E-state index contributed by atoms with van der Waals surface area (Å²) in [7, 11) is -2.81. The van der Waals surface area contributed by atoms with Crippen LogP contribution in [0.3, 0.4) is 0 Å². The lowest BCUT2D eigenvalue weighted by Crippen LogP contribution is -2.08. The minimum absolute atomic E-state index is 0.00435. The Morgan fingerprint density at radius 3 is 2.56 bits per heavy atom. The predicted octanol–water partition coefficient (Wildman–Crippen LogP) is 5.86. The number of rotatable bonds is 5. The van der Waals surface area contributed by atoms with Crippen molar-refractivity contribution in [3.05, 3.63) is 82.8 Å². The number of aliphatic hydroxyl groups is 1. The summed E-state index contributed by atoms with van der Waals surface area (Å²) < 4.78 is 52.4. The van der Waals surface area contributed by atoms with Crippen molar-refractivity contribution in [2.45, 2.75) is 29.9 Å². The van der Waals surface area contributed by atoms with E-state index in [0.717, 1.165) is 11.1 Å². The van der Waals surface area contributed by atoms with Gasteiger partial charge in [0, 0.05) is 33.9 Å². The molecule has 4 aromatic rings. The van der Waals surface area contributed by atoms with Crippen molar-refractivity contribution in [1.29, 1.82) is 4.78 Å².